The number of urea groups is 1. The Morgan fingerprint density at radius 1 is 1.35 bits per heavy atom. The quantitative estimate of drug-likeness (QED) is 0.704. The number of benzene rings is 1. The summed E-state index contributed by atoms with van der Waals surface area (Å²) in [4.78, 5) is 36.8. The first kappa shape index (κ1) is 19.7. The van der Waals surface area contributed by atoms with E-state index >= 15 is 0 Å². The van der Waals surface area contributed by atoms with Crippen molar-refractivity contribution in [3.63, 3.8) is 0 Å². The fraction of sp³-hybridized carbons (Fsp3) is 0.438. The van der Waals surface area contributed by atoms with Gasteiger partial charge in [-0.2, -0.15) is 0 Å². The van der Waals surface area contributed by atoms with Crippen molar-refractivity contribution in [2.45, 2.75) is 20.0 Å². The van der Waals surface area contributed by atoms with Crippen molar-refractivity contribution in [3.05, 3.63) is 29.8 Å². The highest BCUT2D eigenvalue weighted by Gasteiger charge is 2.32. The Hall–Kier alpha value is -2.62. The predicted molar refractivity (Wildman–Crippen MR) is 94.0 cm³/mol. The van der Waals surface area contributed by atoms with Crippen LogP contribution in [0.25, 0.3) is 0 Å². The van der Waals surface area contributed by atoms with E-state index in [1.54, 1.807) is 31.2 Å². The minimum atomic E-state index is -3.74. The van der Waals surface area contributed by atoms with E-state index in [9.17, 15) is 22.8 Å². The normalized spacial score (nSPS) is 15.3. The van der Waals surface area contributed by atoms with Crippen molar-refractivity contribution in [2.75, 3.05) is 30.2 Å². The molecule has 0 saturated carbocycles. The van der Waals surface area contributed by atoms with Crippen LogP contribution in [0.5, 0.6) is 0 Å². The van der Waals surface area contributed by atoms with Gasteiger partial charge in [0.1, 0.15) is 6.54 Å². The maximum absolute atomic E-state index is 12.2. The Morgan fingerprint density at radius 3 is 2.54 bits per heavy atom. The summed E-state index contributed by atoms with van der Waals surface area (Å²) in [5.74, 6) is -1.55. The first-order chi connectivity index (χ1) is 12.1. The van der Waals surface area contributed by atoms with E-state index < -0.39 is 40.6 Å². The molecule has 1 aliphatic rings. The molecule has 1 heterocycles. The van der Waals surface area contributed by atoms with Crippen LogP contribution in [0.3, 0.4) is 0 Å². The summed E-state index contributed by atoms with van der Waals surface area (Å²) in [7, 11) is -3.74. The number of hydrogen-bond donors (Lipinski definition) is 1. The number of aryl methyl sites for hydroxylation is 1. The molecule has 1 fully saturated rings. The number of rotatable bonds is 6. The zero-order valence-electron chi connectivity index (χ0n) is 14.8. The summed E-state index contributed by atoms with van der Waals surface area (Å²) in [6.45, 7) is 3.01. The van der Waals surface area contributed by atoms with Crippen LogP contribution in [0, 0.1) is 6.92 Å². The molecule has 9 nitrogen and oxygen atoms in total. The average Bonchev–Trinajstić information content (AvgIpc) is 2.97. The Balaban J connectivity index is 2.09. The molecule has 1 aromatic rings. The van der Waals surface area contributed by atoms with Gasteiger partial charge in [-0.1, -0.05) is 18.2 Å². The number of ether oxygens (including phenoxy) is 1. The maximum Gasteiger partial charge on any atom is 0.327 e. The topological polar surface area (TPSA) is 113 Å². The van der Waals surface area contributed by atoms with E-state index in [1.165, 1.54) is 6.92 Å². The summed E-state index contributed by atoms with van der Waals surface area (Å²) >= 11 is 0. The predicted octanol–water partition coefficient (Wildman–Crippen LogP) is 0.245. The molecule has 142 valence electrons. The SMILES string of the molecule is Cc1ccccc1N(CC(=O)O[C@@H](C)C(=O)N1CCNC1=O)S(C)(=O)=O. The molecule has 0 bridgehead atoms. The number of carbonyl (C=O) groups excluding carboxylic acids is 3. The van der Waals surface area contributed by atoms with Gasteiger partial charge in [-0.15, -0.1) is 0 Å². The van der Waals surface area contributed by atoms with Gasteiger partial charge in [-0.05, 0) is 25.5 Å². The third-order valence-electron chi connectivity index (χ3n) is 3.84. The van der Waals surface area contributed by atoms with Gasteiger partial charge in [0, 0.05) is 13.1 Å². The van der Waals surface area contributed by atoms with Crippen molar-refractivity contribution < 1.29 is 27.5 Å². The van der Waals surface area contributed by atoms with Gasteiger partial charge in [0.2, 0.25) is 10.0 Å². The number of sulfonamides is 1. The van der Waals surface area contributed by atoms with Crippen LogP contribution in [-0.4, -0.2) is 63.2 Å². The van der Waals surface area contributed by atoms with Gasteiger partial charge in [0.05, 0.1) is 11.9 Å². The second-order valence-electron chi connectivity index (χ2n) is 5.91. The Labute approximate surface area is 152 Å². The van der Waals surface area contributed by atoms with Gasteiger partial charge >= 0.3 is 12.0 Å². The third kappa shape index (κ3) is 4.51. The van der Waals surface area contributed by atoms with E-state index in [0.717, 1.165) is 15.5 Å². The number of amides is 3. The minimum absolute atomic E-state index is 0.193. The average molecular weight is 383 g/mol. The van der Waals surface area contributed by atoms with E-state index in [-0.39, 0.29) is 6.54 Å². The molecule has 1 N–H and O–H groups in total. The van der Waals surface area contributed by atoms with Crippen LogP contribution in [0.15, 0.2) is 24.3 Å². The number of para-hydroxylation sites is 1. The highest BCUT2D eigenvalue weighted by molar-refractivity contribution is 7.92. The lowest BCUT2D eigenvalue weighted by Crippen LogP contribution is -2.43. The van der Waals surface area contributed by atoms with Crippen LogP contribution in [0.1, 0.15) is 12.5 Å². The van der Waals surface area contributed by atoms with Crippen LogP contribution in [0.4, 0.5) is 10.5 Å². The monoisotopic (exact) mass is 383 g/mol. The molecule has 26 heavy (non-hydrogen) atoms. The molecular weight excluding hydrogens is 362 g/mol. The van der Waals surface area contributed by atoms with Crippen molar-refractivity contribution in [1.29, 1.82) is 0 Å². The fourth-order valence-corrected chi connectivity index (χ4v) is 3.43. The second-order valence-corrected chi connectivity index (χ2v) is 7.82. The number of anilines is 1. The van der Waals surface area contributed by atoms with Crippen LogP contribution in [0.2, 0.25) is 0 Å². The molecule has 0 spiro atoms. The number of esters is 1. The highest BCUT2D eigenvalue weighted by Crippen LogP contribution is 2.22. The summed E-state index contributed by atoms with van der Waals surface area (Å²) in [5, 5.41) is 2.48. The number of carbonyl (C=O) groups is 3. The summed E-state index contributed by atoms with van der Waals surface area (Å²) < 4.78 is 30.1. The zero-order valence-corrected chi connectivity index (χ0v) is 15.6. The van der Waals surface area contributed by atoms with Crippen LogP contribution in [-0.2, 0) is 24.3 Å². The molecule has 0 aliphatic carbocycles. The van der Waals surface area contributed by atoms with Gasteiger partial charge in [0.25, 0.3) is 5.91 Å². The van der Waals surface area contributed by atoms with Crippen molar-refractivity contribution >= 4 is 33.6 Å². The molecule has 1 atom stereocenters. The molecule has 0 radical (unpaired) electrons. The van der Waals surface area contributed by atoms with Crippen molar-refractivity contribution in [1.82, 2.24) is 10.2 Å². The lowest BCUT2D eigenvalue weighted by atomic mass is 10.2. The number of hydrogen-bond acceptors (Lipinski definition) is 6. The minimum Gasteiger partial charge on any atom is -0.451 e. The third-order valence-corrected chi connectivity index (χ3v) is 4.96. The molecule has 0 aromatic heterocycles. The first-order valence-corrected chi connectivity index (χ1v) is 9.78. The fourth-order valence-electron chi connectivity index (χ4n) is 2.53. The summed E-state index contributed by atoms with van der Waals surface area (Å²) in [6.07, 6.45) is -0.222. The molecule has 1 aromatic carbocycles. The molecule has 1 aliphatic heterocycles. The van der Waals surface area contributed by atoms with Gasteiger partial charge in [-0.25, -0.2) is 13.2 Å². The maximum atomic E-state index is 12.2. The molecule has 0 unspecified atom stereocenters. The molecule has 1 saturated heterocycles. The number of imide groups is 1. The van der Waals surface area contributed by atoms with Gasteiger partial charge in [-0.3, -0.25) is 18.8 Å². The zero-order chi connectivity index (χ0) is 19.5. The molecule has 2 rings (SSSR count). The Morgan fingerprint density at radius 2 is 2.00 bits per heavy atom. The smallest absolute Gasteiger partial charge is 0.327 e. The number of nitrogens with one attached hydrogen (secondary N) is 1. The van der Waals surface area contributed by atoms with Gasteiger partial charge in [0.15, 0.2) is 6.10 Å². The van der Waals surface area contributed by atoms with Crippen LogP contribution >= 0.6 is 0 Å². The molecule has 3 amide bonds. The van der Waals surface area contributed by atoms with E-state index in [1.807, 2.05) is 0 Å². The van der Waals surface area contributed by atoms with E-state index in [2.05, 4.69) is 5.32 Å². The Kier molecular flexibility index (Phi) is 5.86. The lowest BCUT2D eigenvalue weighted by molar-refractivity contribution is -0.156. The van der Waals surface area contributed by atoms with Crippen molar-refractivity contribution in [2.24, 2.45) is 0 Å². The summed E-state index contributed by atoms with van der Waals surface area (Å²) in [5.41, 5.74) is 1.02. The lowest BCUT2D eigenvalue weighted by Gasteiger charge is -2.24. The number of nitrogens with zero attached hydrogens (tertiary/aromatic N) is 2. The largest absolute Gasteiger partial charge is 0.451 e. The Bertz CT molecular complexity index is 823. The first-order valence-electron chi connectivity index (χ1n) is 7.93. The second kappa shape index (κ2) is 7.73. The van der Waals surface area contributed by atoms with E-state index in [4.69, 9.17) is 4.74 Å². The molecule has 10 heteroatoms. The van der Waals surface area contributed by atoms with Crippen LogP contribution < -0.4 is 9.62 Å². The van der Waals surface area contributed by atoms with Gasteiger partial charge < -0.3 is 10.1 Å². The summed E-state index contributed by atoms with van der Waals surface area (Å²) in [6, 6.07) is 6.16. The highest BCUT2D eigenvalue weighted by atomic mass is 32.2. The van der Waals surface area contributed by atoms with Crippen molar-refractivity contribution in [3.8, 4) is 0 Å². The molecular formula is C16H21N3O6S. The van der Waals surface area contributed by atoms with E-state index in [0.29, 0.717) is 17.8 Å². The standard InChI is InChI=1S/C16H21N3O6S/c1-11-6-4-5-7-13(11)19(26(3,23)24)10-14(20)25-12(2)15(21)18-9-8-17-16(18)22/h4-7,12H,8-10H2,1-3H3,(H,17,22)/t12-/m0/s1.